The van der Waals surface area contributed by atoms with Crippen LogP contribution in [0.1, 0.15) is 12.8 Å². The van der Waals surface area contributed by atoms with Gasteiger partial charge in [0.1, 0.15) is 5.03 Å². The highest BCUT2D eigenvalue weighted by Gasteiger charge is 2.25. The zero-order chi connectivity index (χ0) is 19.6. The van der Waals surface area contributed by atoms with E-state index in [4.69, 9.17) is 5.10 Å². The summed E-state index contributed by atoms with van der Waals surface area (Å²) in [6.07, 6.45) is 4.68. The third-order valence-electron chi connectivity index (χ3n) is 6.33. The lowest BCUT2D eigenvalue weighted by Crippen LogP contribution is -2.52. The molecule has 0 spiro atoms. The van der Waals surface area contributed by atoms with Crippen molar-refractivity contribution in [2.75, 3.05) is 50.4 Å². The van der Waals surface area contributed by atoms with Crippen LogP contribution < -0.4 is 10.2 Å². The molecule has 0 radical (unpaired) electrons. The second-order valence-electron chi connectivity index (χ2n) is 7.96. The van der Waals surface area contributed by atoms with Crippen molar-refractivity contribution in [2.24, 2.45) is 0 Å². The molecular formula is C23H30ClN5S. The number of anilines is 1. The van der Waals surface area contributed by atoms with Crippen LogP contribution in [0.15, 0.2) is 53.6 Å². The molecule has 3 aromatic rings. The van der Waals surface area contributed by atoms with Crippen molar-refractivity contribution in [1.82, 2.24) is 20.0 Å². The molecule has 5 rings (SSSR count). The Balaban J connectivity index is 0.00000218. The minimum absolute atomic E-state index is 0. The smallest absolute Gasteiger partial charge is 0.126 e. The van der Waals surface area contributed by atoms with Crippen molar-refractivity contribution in [3.63, 3.8) is 0 Å². The molecule has 0 aliphatic carbocycles. The molecule has 2 saturated heterocycles. The number of para-hydroxylation sites is 1. The summed E-state index contributed by atoms with van der Waals surface area (Å²) in [7, 11) is 0. The van der Waals surface area contributed by atoms with Gasteiger partial charge in [0.15, 0.2) is 0 Å². The maximum Gasteiger partial charge on any atom is 0.126 e. The average molecular weight is 444 g/mol. The van der Waals surface area contributed by atoms with Crippen molar-refractivity contribution in [3.05, 3.63) is 48.5 Å². The van der Waals surface area contributed by atoms with Crippen LogP contribution in [-0.4, -0.2) is 66.2 Å². The first-order chi connectivity index (χ1) is 14.3. The largest absolute Gasteiger partial charge is 0.369 e. The number of aromatic nitrogens is 2. The number of benzene rings is 2. The van der Waals surface area contributed by atoms with E-state index in [1.807, 2.05) is 0 Å². The molecule has 0 amide bonds. The molecule has 2 fully saturated rings. The molecule has 0 unspecified atom stereocenters. The predicted molar refractivity (Wildman–Crippen MR) is 130 cm³/mol. The lowest BCUT2D eigenvalue weighted by Gasteiger charge is -2.41. The van der Waals surface area contributed by atoms with Crippen LogP contribution in [0.5, 0.6) is 0 Å². The van der Waals surface area contributed by atoms with Gasteiger partial charge in [0, 0.05) is 43.3 Å². The lowest BCUT2D eigenvalue weighted by molar-refractivity contribution is 0.153. The minimum atomic E-state index is 0. The van der Waals surface area contributed by atoms with Gasteiger partial charge in [-0.1, -0.05) is 18.2 Å². The van der Waals surface area contributed by atoms with Gasteiger partial charge in [-0.2, -0.15) is 5.10 Å². The molecule has 2 aliphatic rings. The number of rotatable bonds is 4. The Morgan fingerprint density at radius 2 is 1.67 bits per heavy atom. The Kier molecular flexibility index (Phi) is 6.88. The molecule has 7 heteroatoms. The SMILES string of the molecule is CSc1nn(-c2ccccc2)c2cc(N3CCN(C4CCNCC4)CC3)ccc12.Cl. The van der Waals surface area contributed by atoms with E-state index < -0.39 is 0 Å². The van der Waals surface area contributed by atoms with Crippen molar-refractivity contribution in [3.8, 4) is 5.69 Å². The number of nitrogens with one attached hydrogen (secondary N) is 1. The van der Waals surface area contributed by atoms with Gasteiger partial charge in [0.05, 0.1) is 11.2 Å². The van der Waals surface area contributed by atoms with Gasteiger partial charge < -0.3 is 10.2 Å². The number of hydrogen-bond acceptors (Lipinski definition) is 5. The van der Waals surface area contributed by atoms with Gasteiger partial charge in [-0.15, -0.1) is 24.2 Å². The van der Waals surface area contributed by atoms with Crippen LogP contribution in [-0.2, 0) is 0 Å². The van der Waals surface area contributed by atoms with E-state index in [9.17, 15) is 0 Å². The highest BCUT2D eigenvalue weighted by atomic mass is 35.5. The Morgan fingerprint density at radius 1 is 0.933 bits per heavy atom. The number of fused-ring (bicyclic) bond motifs is 1. The maximum absolute atomic E-state index is 4.88. The Morgan fingerprint density at radius 3 is 2.37 bits per heavy atom. The molecule has 1 aromatic heterocycles. The molecule has 3 heterocycles. The van der Waals surface area contributed by atoms with Gasteiger partial charge in [0.2, 0.25) is 0 Å². The summed E-state index contributed by atoms with van der Waals surface area (Å²) in [5.41, 5.74) is 3.62. The van der Waals surface area contributed by atoms with Crippen molar-refractivity contribution in [2.45, 2.75) is 23.9 Å². The van der Waals surface area contributed by atoms with E-state index in [-0.39, 0.29) is 12.4 Å². The number of thioether (sulfide) groups is 1. The molecule has 0 atom stereocenters. The predicted octanol–water partition coefficient (Wildman–Crippen LogP) is 4.04. The van der Waals surface area contributed by atoms with E-state index in [0.717, 1.165) is 42.9 Å². The van der Waals surface area contributed by atoms with Gasteiger partial charge >= 0.3 is 0 Å². The van der Waals surface area contributed by atoms with E-state index in [1.165, 1.54) is 42.5 Å². The number of halogens is 1. The molecule has 160 valence electrons. The number of piperidine rings is 1. The summed E-state index contributed by atoms with van der Waals surface area (Å²) < 4.78 is 2.09. The summed E-state index contributed by atoms with van der Waals surface area (Å²) >= 11 is 1.71. The number of hydrogen-bond donors (Lipinski definition) is 1. The fourth-order valence-electron chi connectivity index (χ4n) is 4.71. The van der Waals surface area contributed by atoms with Gasteiger partial charge in [-0.25, -0.2) is 4.68 Å². The molecular weight excluding hydrogens is 414 g/mol. The van der Waals surface area contributed by atoms with E-state index in [0.29, 0.717) is 0 Å². The molecule has 1 N–H and O–H groups in total. The Hall–Kier alpha value is -1.73. The highest BCUT2D eigenvalue weighted by molar-refractivity contribution is 7.98. The fourth-order valence-corrected chi connectivity index (χ4v) is 5.26. The van der Waals surface area contributed by atoms with E-state index in [1.54, 1.807) is 11.8 Å². The van der Waals surface area contributed by atoms with Crippen LogP contribution in [0.25, 0.3) is 16.6 Å². The van der Waals surface area contributed by atoms with E-state index >= 15 is 0 Å². The molecule has 0 bridgehead atoms. The summed E-state index contributed by atoms with van der Waals surface area (Å²) in [5, 5.41) is 10.7. The quantitative estimate of drug-likeness (QED) is 0.616. The first-order valence-electron chi connectivity index (χ1n) is 10.7. The van der Waals surface area contributed by atoms with Crippen LogP contribution >= 0.6 is 24.2 Å². The molecule has 2 aromatic carbocycles. The average Bonchev–Trinajstić information content (AvgIpc) is 3.18. The highest BCUT2D eigenvalue weighted by Crippen LogP contribution is 2.31. The second-order valence-corrected chi connectivity index (χ2v) is 8.76. The first-order valence-corrected chi connectivity index (χ1v) is 11.9. The Labute approximate surface area is 189 Å². The third kappa shape index (κ3) is 4.19. The zero-order valence-electron chi connectivity index (χ0n) is 17.5. The minimum Gasteiger partial charge on any atom is -0.369 e. The number of piperazine rings is 1. The van der Waals surface area contributed by atoms with Gasteiger partial charge in [-0.05, 0) is 62.5 Å². The van der Waals surface area contributed by atoms with Crippen LogP contribution in [0.2, 0.25) is 0 Å². The van der Waals surface area contributed by atoms with Gasteiger partial charge in [0.25, 0.3) is 0 Å². The molecule has 0 saturated carbocycles. The topological polar surface area (TPSA) is 36.3 Å². The monoisotopic (exact) mass is 443 g/mol. The normalized spacial score (nSPS) is 18.5. The first kappa shape index (κ1) is 21.5. The Bertz CT molecular complexity index is 962. The lowest BCUT2D eigenvalue weighted by atomic mass is 10.0. The second kappa shape index (κ2) is 9.60. The van der Waals surface area contributed by atoms with Crippen molar-refractivity contribution in [1.29, 1.82) is 0 Å². The summed E-state index contributed by atoms with van der Waals surface area (Å²) in [6, 6.07) is 18.1. The number of nitrogens with zero attached hydrogens (tertiary/aromatic N) is 4. The van der Waals surface area contributed by atoms with Crippen LogP contribution in [0, 0.1) is 0 Å². The standard InChI is InChI=1S/C23H29N5S.ClH/c1-29-23-21-8-7-20(17-22(21)28(25-23)19-5-3-2-4-6-19)27-15-13-26(14-16-27)18-9-11-24-12-10-18;/h2-8,17-18,24H,9-16H2,1H3;1H. The van der Waals surface area contributed by atoms with Gasteiger partial charge in [-0.3, -0.25) is 4.90 Å². The van der Waals surface area contributed by atoms with Crippen molar-refractivity contribution < 1.29 is 0 Å². The fraction of sp³-hybridized carbons (Fsp3) is 0.435. The van der Waals surface area contributed by atoms with Crippen molar-refractivity contribution >= 4 is 40.8 Å². The summed E-state index contributed by atoms with van der Waals surface area (Å²) in [5.74, 6) is 0. The zero-order valence-corrected chi connectivity index (χ0v) is 19.1. The molecule has 2 aliphatic heterocycles. The maximum atomic E-state index is 4.88. The van der Waals surface area contributed by atoms with E-state index in [2.05, 4.69) is 74.6 Å². The summed E-state index contributed by atoms with van der Waals surface area (Å²) in [4.78, 5) is 5.24. The van der Waals surface area contributed by atoms with Crippen LogP contribution in [0.3, 0.4) is 0 Å². The molecule has 5 nitrogen and oxygen atoms in total. The summed E-state index contributed by atoms with van der Waals surface area (Å²) in [6.45, 7) is 6.87. The van der Waals surface area contributed by atoms with Crippen LogP contribution in [0.4, 0.5) is 5.69 Å². The third-order valence-corrected chi connectivity index (χ3v) is 7.02. The molecule has 30 heavy (non-hydrogen) atoms.